The molecule has 248 valence electrons. The maximum absolute atomic E-state index is 14.6. The fourth-order valence-electron chi connectivity index (χ4n) is 4.92. The van der Waals surface area contributed by atoms with E-state index in [1.165, 1.54) is 29.2 Å². The van der Waals surface area contributed by atoms with Crippen LogP contribution in [0.3, 0.4) is 0 Å². The Morgan fingerprint density at radius 2 is 1.49 bits per heavy atom. The van der Waals surface area contributed by atoms with Gasteiger partial charge in [-0.2, -0.15) is 0 Å². The van der Waals surface area contributed by atoms with Gasteiger partial charge in [-0.05, 0) is 78.6 Å². The summed E-state index contributed by atoms with van der Waals surface area (Å²) in [5.41, 5.74) is 1.70. The predicted octanol–water partition coefficient (Wildman–Crippen LogP) is 7.00. The van der Waals surface area contributed by atoms with Crippen molar-refractivity contribution < 1.29 is 22.7 Å². The van der Waals surface area contributed by atoms with E-state index in [1.54, 1.807) is 48.5 Å². The highest BCUT2D eigenvalue weighted by Gasteiger charge is 2.35. The first kappa shape index (κ1) is 35.8. The standard InChI is InChI=1S/C36H39Cl2N3O5S/c1-4-46-31-18-16-30(17-19-31)41(47(44,45)32-20-14-29(37)15-21-32)25-35(42)40(24-28-12-8-9-13-33(28)38)34(36(43)39-23-26(2)3)22-27-10-6-5-7-11-27/h5-21,26,34H,4,22-25H2,1-3H3,(H,39,43)/t34-/m0/s1. The highest BCUT2D eigenvalue weighted by molar-refractivity contribution is 7.92. The number of hydrogen-bond donors (Lipinski definition) is 1. The summed E-state index contributed by atoms with van der Waals surface area (Å²) in [5, 5.41) is 3.77. The Morgan fingerprint density at radius 1 is 0.851 bits per heavy atom. The molecule has 2 amide bonds. The molecule has 1 N–H and O–H groups in total. The molecule has 0 heterocycles. The molecule has 0 aliphatic carbocycles. The van der Waals surface area contributed by atoms with Crippen LogP contribution >= 0.6 is 23.2 Å². The first-order valence-electron chi connectivity index (χ1n) is 15.3. The minimum atomic E-state index is -4.27. The number of amides is 2. The van der Waals surface area contributed by atoms with E-state index < -0.39 is 28.5 Å². The highest BCUT2D eigenvalue weighted by atomic mass is 35.5. The van der Waals surface area contributed by atoms with Gasteiger partial charge in [0, 0.05) is 29.6 Å². The van der Waals surface area contributed by atoms with Crippen LogP contribution in [0.4, 0.5) is 5.69 Å². The van der Waals surface area contributed by atoms with Crippen LogP contribution in [0.25, 0.3) is 0 Å². The molecular formula is C36H39Cl2N3O5S. The quantitative estimate of drug-likeness (QED) is 0.145. The lowest BCUT2D eigenvalue weighted by Gasteiger charge is -2.34. The van der Waals surface area contributed by atoms with E-state index in [0.29, 0.717) is 34.5 Å². The third-order valence-corrected chi connectivity index (χ3v) is 9.78. The third kappa shape index (κ3) is 9.73. The van der Waals surface area contributed by atoms with Crippen LogP contribution in [-0.2, 0) is 32.6 Å². The average Bonchev–Trinajstić information content (AvgIpc) is 3.06. The van der Waals surface area contributed by atoms with Gasteiger partial charge in [-0.1, -0.05) is 85.6 Å². The zero-order valence-corrected chi connectivity index (χ0v) is 28.9. The molecule has 11 heteroatoms. The predicted molar refractivity (Wildman–Crippen MR) is 187 cm³/mol. The third-order valence-electron chi connectivity index (χ3n) is 7.37. The summed E-state index contributed by atoms with van der Waals surface area (Å²) in [4.78, 5) is 29.8. The molecule has 0 bridgehead atoms. The Kier molecular flexibility index (Phi) is 12.7. The normalized spacial score (nSPS) is 12.0. The topological polar surface area (TPSA) is 96.0 Å². The van der Waals surface area contributed by atoms with Crippen molar-refractivity contribution in [2.45, 2.75) is 44.7 Å². The van der Waals surface area contributed by atoms with Crippen molar-refractivity contribution in [2.75, 3.05) is 24.0 Å². The zero-order valence-electron chi connectivity index (χ0n) is 26.6. The molecule has 0 fully saturated rings. The lowest BCUT2D eigenvalue weighted by molar-refractivity contribution is -0.140. The van der Waals surface area contributed by atoms with Crippen LogP contribution in [0.15, 0.2) is 108 Å². The SMILES string of the molecule is CCOc1ccc(N(CC(=O)N(Cc2ccccc2Cl)[C@@H](Cc2ccccc2)C(=O)NCC(C)C)S(=O)(=O)c2ccc(Cl)cc2)cc1. The monoisotopic (exact) mass is 695 g/mol. The summed E-state index contributed by atoms with van der Waals surface area (Å²) in [6.45, 7) is 6.03. The van der Waals surface area contributed by atoms with Crippen LogP contribution in [0.5, 0.6) is 5.75 Å². The van der Waals surface area contributed by atoms with Crippen molar-refractivity contribution in [2.24, 2.45) is 5.92 Å². The van der Waals surface area contributed by atoms with E-state index in [1.807, 2.05) is 51.1 Å². The lowest BCUT2D eigenvalue weighted by Crippen LogP contribution is -2.53. The van der Waals surface area contributed by atoms with Crippen molar-refractivity contribution in [3.63, 3.8) is 0 Å². The molecule has 0 aliphatic heterocycles. The van der Waals surface area contributed by atoms with Gasteiger partial charge >= 0.3 is 0 Å². The number of nitrogens with one attached hydrogen (secondary N) is 1. The maximum atomic E-state index is 14.6. The van der Waals surface area contributed by atoms with E-state index in [2.05, 4.69) is 5.32 Å². The minimum Gasteiger partial charge on any atom is -0.494 e. The number of nitrogens with zero attached hydrogens (tertiary/aromatic N) is 2. The smallest absolute Gasteiger partial charge is 0.264 e. The van der Waals surface area contributed by atoms with Crippen LogP contribution in [0.1, 0.15) is 31.9 Å². The molecule has 0 aliphatic rings. The number of carbonyl (C=O) groups is 2. The molecule has 4 aromatic carbocycles. The number of hydrogen-bond acceptors (Lipinski definition) is 5. The molecular weight excluding hydrogens is 657 g/mol. The Morgan fingerprint density at radius 3 is 2.11 bits per heavy atom. The van der Waals surface area contributed by atoms with Crippen LogP contribution < -0.4 is 14.4 Å². The molecule has 47 heavy (non-hydrogen) atoms. The van der Waals surface area contributed by atoms with E-state index in [9.17, 15) is 18.0 Å². The van der Waals surface area contributed by atoms with Crippen molar-refractivity contribution >= 4 is 50.7 Å². The second-order valence-electron chi connectivity index (χ2n) is 11.4. The van der Waals surface area contributed by atoms with Gasteiger partial charge in [-0.25, -0.2) is 8.42 Å². The first-order valence-corrected chi connectivity index (χ1v) is 17.5. The summed E-state index contributed by atoms with van der Waals surface area (Å²) in [6.07, 6.45) is 0.202. The van der Waals surface area contributed by atoms with Crippen molar-refractivity contribution in [1.29, 1.82) is 0 Å². The Bertz CT molecular complexity index is 1730. The largest absolute Gasteiger partial charge is 0.494 e. The molecule has 0 unspecified atom stereocenters. The second-order valence-corrected chi connectivity index (χ2v) is 14.1. The van der Waals surface area contributed by atoms with Crippen molar-refractivity contribution in [1.82, 2.24) is 10.2 Å². The molecule has 0 aromatic heterocycles. The summed E-state index contributed by atoms with van der Waals surface area (Å²) in [5.74, 6) is -0.215. The highest BCUT2D eigenvalue weighted by Crippen LogP contribution is 2.28. The summed E-state index contributed by atoms with van der Waals surface area (Å²) < 4.78 is 35.0. The van der Waals surface area contributed by atoms with Gasteiger partial charge in [-0.15, -0.1) is 0 Å². The van der Waals surface area contributed by atoms with Gasteiger partial charge < -0.3 is 15.0 Å². The van der Waals surface area contributed by atoms with Crippen LogP contribution in [0, 0.1) is 5.92 Å². The number of benzene rings is 4. The van der Waals surface area contributed by atoms with Crippen LogP contribution in [-0.4, -0.2) is 50.9 Å². The lowest BCUT2D eigenvalue weighted by atomic mass is 10.0. The molecule has 1 atom stereocenters. The second kappa shape index (κ2) is 16.7. The Labute approximate surface area is 287 Å². The average molecular weight is 697 g/mol. The molecule has 0 saturated carbocycles. The summed E-state index contributed by atoms with van der Waals surface area (Å²) in [7, 11) is -4.27. The van der Waals surface area contributed by atoms with Gasteiger partial charge in [0.25, 0.3) is 10.0 Å². The maximum Gasteiger partial charge on any atom is 0.264 e. The van der Waals surface area contributed by atoms with Gasteiger partial charge in [0.05, 0.1) is 17.2 Å². The first-order chi connectivity index (χ1) is 22.5. The molecule has 8 nitrogen and oxygen atoms in total. The van der Waals surface area contributed by atoms with E-state index in [-0.39, 0.29) is 35.4 Å². The van der Waals surface area contributed by atoms with Gasteiger partial charge in [-0.3, -0.25) is 13.9 Å². The van der Waals surface area contributed by atoms with Gasteiger partial charge in [0.2, 0.25) is 11.8 Å². The fraction of sp³-hybridized carbons (Fsp3) is 0.278. The zero-order chi connectivity index (χ0) is 34.0. The fourth-order valence-corrected chi connectivity index (χ4v) is 6.66. The number of ether oxygens (including phenoxy) is 1. The van der Waals surface area contributed by atoms with E-state index in [4.69, 9.17) is 27.9 Å². The number of anilines is 1. The minimum absolute atomic E-state index is 0.0246. The molecule has 0 saturated heterocycles. The summed E-state index contributed by atoms with van der Waals surface area (Å²) in [6, 6.07) is 27.7. The Balaban J connectivity index is 1.80. The molecule has 0 radical (unpaired) electrons. The van der Waals surface area contributed by atoms with E-state index >= 15 is 0 Å². The van der Waals surface area contributed by atoms with Crippen molar-refractivity contribution in [3.05, 3.63) is 124 Å². The molecule has 0 spiro atoms. The van der Waals surface area contributed by atoms with Crippen LogP contribution in [0.2, 0.25) is 10.0 Å². The van der Waals surface area contributed by atoms with Gasteiger partial charge in [0.15, 0.2) is 0 Å². The number of sulfonamides is 1. The van der Waals surface area contributed by atoms with Crippen molar-refractivity contribution in [3.8, 4) is 5.75 Å². The van der Waals surface area contributed by atoms with E-state index in [0.717, 1.165) is 9.87 Å². The van der Waals surface area contributed by atoms with Gasteiger partial charge in [0.1, 0.15) is 18.3 Å². The molecule has 4 rings (SSSR count). The number of carbonyl (C=O) groups excluding carboxylic acids is 2. The molecule has 4 aromatic rings. The number of rotatable bonds is 15. The Hall–Kier alpha value is -4.05. The summed E-state index contributed by atoms with van der Waals surface area (Å²) >= 11 is 12.6. The number of halogens is 2.